The van der Waals surface area contributed by atoms with Crippen LogP contribution in [0.1, 0.15) is 18.1 Å². The van der Waals surface area contributed by atoms with Crippen LogP contribution in [0, 0.1) is 11.8 Å². The zero-order chi connectivity index (χ0) is 13.4. The summed E-state index contributed by atoms with van der Waals surface area (Å²) in [5.74, 6) is 5.66. The van der Waals surface area contributed by atoms with Crippen molar-refractivity contribution in [2.45, 2.75) is 13.5 Å². The number of hydrogen-bond donors (Lipinski definition) is 3. The highest BCUT2D eigenvalue weighted by Crippen LogP contribution is 2.07. The number of rotatable bonds is 5. The largest absolute Gasteiger partial charge is 0.320 e. The molecule has 4 N–H and O–H groups in total. The topological polar surface area (TPSA) is 84.2 Å². The second kappa shape index (κ2) is 7.13. The molecule has 6 heteroatoms. The predicted octanol–water partition coefficient (Wildman–Crippen LogP) is -0.0593. The van der Waals surface area contributed by atoms with Gasteiger partial charge in [-0.15, -0.1) is 0 Å². The van der Waals surface area contributed by atoms with Gasteiger partial charge in [-0.05, 0) is 11.6 Å². The summed E-state index contributed by atoms with van der Waals surface area (Å²) in [5.41, 5.74) is 6.91. The lowest BCUT2D eigenvalue weighted by molar-refractivity contribution is 0.568. The Balaban J connectivity index is 2.79. The third kappa shape index (κ3) is 4.85. The minimum Gasteiger partial charge on any atom is -0.320 e. The lowest BCUT2D eigenvalue weighted by Gasteiger charge is -2.08. The van der Waals surface area contributed by atoms with Crippen molar-refractivity contribution in [1.29, 1.82) is 0 Å². The van der Waals surface area contributed by atoms with Gasteiger partial charge in [0.15, 0.2) is 0 Å². The zero-order valence-corrected chi connectivity index (χ0v) is 11.0. The van der Waals surface area contributed by atoms with Crippen LogP contribution in [0.4, 0.5) is 0 Å². The van der Waals surface area contributed by atoms with E-state index in [0.717, 1.165) is 11.1 Å². The van der Waals surface area contributed by atoms with Crippen LogP contribution in [0.25, 0.3) is 0 Å². The molecule has 0 heterocycles. The second-order valence-corrected chi connectivity index (χ2v) is 5.07. The van der Waals surface area contributed by atoms with E-state index < -0.39 is 10.2 Å². The molecule has 98 valence electrons. The van der Waals surface area contributed by atoms with E-state index in [-0.39, 0.29) is 13.1 Å². The van der Waals surface area contributed by atoms with Gasteiger partial charge >= 0.3 is 0 Å². The summed E-state index contributed by atoms with van der Waals surface area (Å²) in [5, 5.41) is 0. The molecule has 0 aliphatic rings. The quantitative estimate of drug-likeness (QED) is 0.654. The third-order valence-electron chi connectivity index (χ3n) is 2.13. The summed E-state index contributed by atoms with van der Waals surface area (Å²) in [6, 6.07) is 7.35. The summed E-state index contributed by atoms with van der Waals surface area (Å²) >= 11 is 0. The predicted molar refractivity (Wildman–Crippen MR) is 71.8 cm³/mol. The van der Waals surface area contributed by atoms with Crippen molar-refractivity contribution in [3.63, 3.8) is 0 Å². The van der Waals surface area contributed by atoms with E-state index in [4.69, 9.17) is 5.73 Å². The molecule has 18 heavy (non-hydrogen) atoms. The lowest BCUT2D eigenvalue weighted by atomic mass is 10.1. The normalized spacial score (nSPS) is 10.8. The molecule has 0 bridgehead atoms. The summed E-state index contributed by atoms with van der Waals surface area (Å²) in [6.07, 6.45) is 0. The Morgan fingerprint density at radius 1 is 1.28 bits per heavy atom. The first kappa shape index (κ1) is 14.7. The molecule has 0 aromatic heterocycles. The Hall–Kier alpha value is -1.39. The first-order valence-corrected chi connectivity index (χ1v) is 7.08. The molecule has 0 aliphatic heterocycles. The maximum atomic E-state index is 11.5. The minimum absolute atomic E-state index is 0.199. The molecule has 0 saturated carbocycles. The van der Waals surface area contributed by atoms with Crippen molar-refractivity contribution >= 4 is 10.2 Å². The van der Waals surface area contributed by atoms with E-state index >= 15 is 0 Å². The van der Waals surface area contributed by atoms with Gasteiger partial charge in [0.05, 0.1) is 6.54 Å². The lowest BCUT2D eigenvalue weighted by Crippen LogP contribution is -2.36. The SMILES string of the molecule is CCNS(=O)(=O)NCc1ccccc1C#CCN. The molecule has 1 aromatic rings. The van der Waals surface area contributed by atoms with Crippen LogP contribution in [0.5, 0.6) is 0 Å². The molecule has 0 radical (unpaired) electrons. The fourth-order valence-corrected chi connectivity index (χ4v) is 2.18. The van der Waals surface area contributed by atoms with Crippen molar-refractivity contribution in [3.05, 3.63) is 35.4 Å². The van der Waals surface area contributed by atoms with E-state index in [1.807, 2.05) is 24.3 Å². The van der Waals surface area contributed by atoms with E-state index in [1.54, 1.807) is 6.92 Å². The Labute approximate surface area is 108 Å². The van der Waals surface area contributed by atoms with Crippen molar-refractivity contribution in [2.75, 3.05) is 13.1 Å². The second-order valence-electron chi connectivity index (χ2n) is 3.49. The molecule has 0 spiro atoms. The van der Waals surface area contributed by atoms with Crippen molar-refractivity contribution in [1.82, 2.24) is 9.44 Å². The Bertz CT molecular complexity index is 544. The van der Waals surface area contributed by atoms with Gasteiger partial charge < -0.3 is 5.73 Å². The Morgan fingerprint density at radius 2 is 2.00 bits per heavy atom. The van der Waals surface area contributed by atoms with Crippen LogP contribution in [0.3, 0.4) is 0 Å². The molecule has 1 aromatic carbocycles. The molecule has 0 amide bonds. The standard InChI is InChI=1S/C12H17N3O2S/c1-2-14-18(16,17)15-10-12-7-4-3-6-11(12)8-5-9-13/h3-4,6-7,14-15H,2,9-10,13H2,1H3. The van der Waals surface area contributed by atoms with Crippen LogP contribution in [-0.2, 0) is 16.8 Å². The van der Waals surface area contributed by atoms with Gasteiger partial charge in [-0.1, -0.05) is 37.0 Å². The Morgan fingerprint density at radius 3 is 2.67 bits per heavy atom. The maximum absolute atomic E-state index is 11.5. The van der Waals surface area contributed by atoms with Crippen LogP contribution < -0.4 is 15.2 Å². The van der Waals surface area contributed by atoms with Crippen LogP contribution in [0.15, 0.2) is 24.3 Å². The van der Waals surface area contributed by atoms with Crippen LogP contribution in [-0.4, -0.2) is 21.5 Å². The molecule has 0 saturated heterocycles. The monoisotopic (exact) mass is 267 g/mol. The fourth-order valence-electron chi connectivity index (χ4n) is 1.36. The summed E-state index contributed by atoms with van der Waals surface area (Å²) in [7, 11) is -3.44. The fraction of sp³-hybridized carbons (Fsp3) is 0.333. The zero-order valence-electron chi connectivity index (χ0n) is 10.2. The molecule has 5 nitrogen and oxygen atoms in total. The number of benzene rings is 1. The van der Waals surface area contributed by atoms with Gasteiger partial charge in [0.1, 0.15) is 0 Å². The van der Waals surface area contributed by atoms with E-state index in [1.165, 1.54) is 0 Å². The summed E-state index contributed by atoms with van der Waals surface area (Å²) in [6.45, 7) is 2.55. The van der Waals surface area contributed by atoms with E-state index in [0.29, 0.717) is 6.54 Å². The summed E-state index contributed by atoms with van der Waals surface area (Å²) in [4.78, 5) is 0. The number of hydrogen-bond acceptors (Lipinski definition) is 3. The molecular formula is C12H17N3O2S. The maximum Gasteiger partial charge on any atom is 0.277 e. The van der Waals surface area contributed by atoms with Gasteiger partial charge in [-0.25, -0.2) is 4.72 Å². The van der Waals surface area contributed by atoms with Crippen LogP contribution >= 0.6 is 0 Å². The van der Waals surface area contributed by atoms with Gasteiger partial charge in [0.25, 0.3) is 10.2 Å². The first-order valence-electron chi connectivity index (χ1n) is 5.60. The highest BCUT2D eigenvalue weighted by Gasteiger charge is 2.08. The molecule has 0 atom stereocenters. The first-order chi connectivity index (χ1) is 8.59. The van der Waals surface area contributed by atoms with Gasteiger partial charge in [0, 0.05) is 18.7 Å². The van der Waals surface area contributed by atoms with Gasteiger partial charge in [-0.2, -0.15) is 13.1 Å². The van der Waals surface area contributed by atoms with Crippen molar-refractivity contribution < 1.29 is 8.42 Å². The number of nitrogens with one attached hydrogen (secondary N) is 2. The molecule has 0 aliphatic carbocycles. The van der Waals surface area contributed by atoms with E-state index in [9.17, 15) is 8.42 Å². The van der Waals surface area contributed by atoms with Gasteiger partial charge in [-0.3, -0.25) is 0 Å². The van der Waals surface area contributed by atoms with Gasteiger partial charge in [0.2, 0.25) is 0 Å². The average molecular weight is 267 g/mol. The Kier molecular flexibility index (Phi) is 5.82. The third-order valence-corrected chi connectivity index (χ3v) is 3.32. The average Bonchev–Trinajstić information content (AvgIpc) is 2.35. The molecule has 1 rings (SSSR count). The minimum atomic E-state index is -3.44. The van der Waals surface area contributed by atoms with Crippen LogP contribution in [0.2, 0.25) is 0 Å². The number of nitrogens with two attached hydrogens (primary N) is 1. The molecule has 0 unspecified atom stereocenters. The molecular weight excluding hydrogens is 250 g/mol. The van der Waals surface area contributed by atoms with E-state index in [2.05, 4.69) is 21.3 Å². The highest BCUT2D eigenvalue weighted by molar-refractivity contribution is 7.87. The smallest absolute Gasteiger partial charge is 0.277 e. The van der Waals surface area contributed by atoms with Crippen molar-refractivity contribution in [3.8, 4) is 11.8 Å². The molecule has 0 fully saturated rings. The van der Waals surface area contributed by atoms with Crippen molar-refractivity contribution in [2.24, 2.45) is 5.73 Å². The highest BCUT2D eigenvalue weighted by atomic mass is 32.2. The summed E-state index contributed by atoms with van der Waals surface area (Å²) < 4.78 is 27.7.